The summed E-state index contributed by atoms with van der Waals surface area (Å²) >= 11 is 3.00. The van der Waals surface area contributed by atoms with E-state index in [1.807, 2.05) is 60.7 Å². The second-order valence-corrected chi connectivity index (χ2v) is 10.4. The number of rotatable bonds is 6. The van der Waals surface area contributed by atoms with Gasteiger partial charge in [0, 0.05) is 30.1 Å². The number of amides is 2. The van der Waals surface area contributed by atoms with Gasteiger partial charge in [-0.3, -0.25) is 14.5 Å². The molecule has 0 aliphatic carbocycles. The SMILES string of the molecule is CCN1C(=C2SC(=Nc3ccc(NC(C)=O)cc3)N(Cc3ccccc3)C2=O)Sc2ccc(OC)cc21. The molecule has 2 amide bonds. The first kappa shape index (κ1) is 25.0. The Hall–Kier alpha value is -3.69. The number of fused-ring (bicyclic) bond motifs is 1. The molecule has 188 valence electrons. The van der Waals surface area contributed by atoms with Crippen LogP contribution in [0.1, 0.15) is 19.4 Å². The van der Waals surface area contributed by atoms with E-state index in [0.29, 0.717) is 28.0 Å². The smallest absolute Gasteiger partial charge is 0.269 e. The van der Waals surface area contributed by atoms with Gasteiger partial charge in [-0.05, 0) is 60.6 Å². The maximum Gasteiger partial charge on any atom is 0.269 e. The minimum Gasteiger partial charge on any atom is -0.497 e. The standard InChI is InChI=1S/C28H26N4O3S2/c1-4-31-23-16-22(35-3)14-15-24(23)36-27(31)25-26(34)32(17-19-8-6-5-7-9-19)28(37-25)30-21-12-10-20(11-13-21)29-18(2)33/h5-16H,4,17H2,1-3H3,(H,29,33). The molecule has 9 heteroatoms. The van der Waals surface area contributed by atoms with Crippen molar-refractivity contribution in [2.24, 2.45) is 4.99 Å². The molecule has 2 aliphatic heterocycles. The van der Waals surface area contributed by atoms with E-state index in [9.17, 15) is 9.59 Å². The molecule has 2 heterocycles. The Balaban J connectivity index is 1.53. The van der Waals surface area contributed by atoms with Gasteiger partial charge in [-0.1, -0.05) is 42.1 Å². The summed E-state index contributed by atoms with van der Waals surface area (Å²) in [7, 11) is 1.66. The zero-order valence-electron chi connectivity index (χ0n) is 20.7. The topological polar surface area (TPSA) is 74.2 Å². The normalized spacial score (nSPS) is 17.9. The van der Waals surface area contributed by atoms with Crippen molar-refractivity contribution in [1.29, 1.82) is 0 Å². The van der Waals surface area contributed by atoms with Crippen LogP contribution in [0.5, 0.6) is 5.75 Å². The van der Waals surface area contributed by atoms with E-state index >= 15 is 0 Å². The Bertz CT molecular complexity index is 1400. The molecule has 37 heavy (non-hydrogen) atoms. The van der Waals surface area contributed by atoms with Crippen LogP contribution < -0.4 is 15.0 Å². The van der Waals surface area contributed by atoms with Crippen molar-refractivity contribution in [1.82, 2.24) is 4.90 Å². The van der Waals surface area contributed by atoms with Crippen LogP contribution in [0.2, 0.25) is 0 Å². The predicted molar refractivity (Wildman–Crippen MR) is 151 cm³/mol. The Kier molecular flexibility index (Phi) is 7.25. The first-order valence-corrected chi connectivity index (χ1v) is 13.5. The van der Waals surface area contributed by atoms with Crippen LogP contribution in [-0.4, -0.2) is 35.5 Å². The van der Waals surface area contributed by atoms with Gasteiger partial charge in [0.25, 0.3) is 5.91 Å². The number of nitrogens with one attached hydrogen (secondary N) is 1. The fourth-order valence-corrected chi connectivity index (χ4v) is 6.50. The maximum atomic E-state index is 13.9. The number of methoxy groups -OCH3 is 1. The van der Waals surface area contributed by atoms with Crippen molar-refractivity contribution >= 4 is 57.6 Å². The quantitative estimate of drug-likeness (QED) is 0.382. The lowest BCUT2D eigenvalue weighted by Crippen LogP contribution is -2.29. The summed E-state index contributed by atoms with van der Waals surface area (Å²) in [6, 6.07) is 23.2. The van der Waals surface area contributed by atoms with E-state index in [2.05, 4.69) is 17.1 Å². The zero-order valence-corrected chi connectivity index (χ0v) is 22.4. The number of hydrogen-bond donors (Lipinski definition) is 1. The number of amidine groups is 1. The van der Waals surface area contributed by atoms with Gasteiger partial charge in [0.2, 0.25) is 5.91 Å². The van der Waals surface area contributed by atoms with Crippen LogP contribution >= 0.6 is 23.5 Å². The van der Waals surface area contributed by atoms with Crippen LogP contribution in [0.25, 0.3) is 0 Å². The highest BCUT2D eigenvalue weighted by Gasteiger charge is 2.39. The van der Waals surface area contributed by atoms with Gasteiger partial charge < -0.3 is 15.0 Å². The Labute approximate surface area is 224 Å². The van der Waals surface area contributed by atoms with E-state index in [1.165, 1.54) is 18.7 Å². The van der Waals surface area contributed by atoms with Crippen molar-refractivity contribution in [3.05, 3.63) is 88.3 Å². The van der Waals surface area contributed by atoms with Gasteiger partial charge in [-0.2, -0.15) is 0 Å². The van der Waals surface area contributed by atoms with Crippen molar-refractivity contribution in [3.8, 4) is 5.75 Å². The summed E-state index contributed by atoms with van der Waals surface area (Å²) in [6.07, 6.45) is 0. The first-order valence-electron chi connectivity index (χ1n) is 11.8. The van der Waals surface area contributed by atoms with Crippen molar-refractivity contribution in [2.45, 2.75) is 25.3 Å². The summed E-state index contributed by atoms with van der Waals surface area (Å²) in [5.74, 6) is 0.586. The molecule has 3 aromatic rings. The van der Waals surface area contributed by atoms with Gasteiger partial charge in [0.1, 0.15) is 15.7 Å². The number of aliphatic imine (C=N–C) groups is 1. The average molecular weight is 531 g/mol. The Morgan fingerprint density at radius 2 is 1.76 bits per heavy atom. The van der Waals surface area contributed by atoms with Crippen LogP contribution in [-0.2, 0) is 16.1 Å². The number of thioether (sulfide) groups is 2. The molecule has 0 unspecified atom stereocenters. The summed E-state index contributed by atoms with van der Waals surface area (Å²) in [4.78, 5) is 35.7. The fourth-order valence-electron chi connectivity index (χ4n) is 4.13. The van der Waals surface area contributed by atoms with Gasteiger partial charge in [0.15, 0.2) is 5.17 Å². The van der Waals surface area contributed by atoms with E-state index in [-0.39, 0.29) is 11.8 Å². The van der Waals surface area contributed by atoms with E-state index in [0.717, 1.165) is 33.5 Å². The fraction of sp³-hybridized carbons (Fsp3) is 0.179. The van der Waals surface area contributed by atoms with Crippen LogP contribution in [0.15, 0.2) is 92.6 Å². The number of benzene rings is 3. The average Bonchev–Trinajstić information content (AvgIpc) is 3.42. The summed E-state index contributed by atoms with van der Waals surface area (Å²) in [5.41, 5.74) is 3.46. The number of carbonyl (C=O) groups is 2. The monoisotopic (exact) mass is 530 g/mol. The van der Waals surface area contributed by atoms with E-state index in [4.69, 9.17) is 9.73 Å². The minimum absolute atomic E-state index is 0.0665. The van der Waals surface area contributed by atoms with Crippen LogP contribution in [0, 0.1) is 0 Å². The molecule has 0 aromatic heterocycles. The molecule has 2 aliphatic rings. The summed E-state index contributed by atoms with van der Waals surface area (Å²) in [6.45, 7) is 4.69. The molecular formula is C28H26N4O3S2. The molecule has 1 N–H and O–H groups in total. The largest absolute Gasteiger partial charge is 0.497 e. The van der Waals surface area contributed by atoms with Gasteiger partial charge in [-0.15, -0.1) is 0 Å². The number of carbonyl (C=O) groups excluding carboxylic acids is 2. The summed E-state index contributed by atoms with van der Waals surface area (Å²) in [5, 5.41) is 4.29. The third-order valence-electron chi connectivity index (χ3n) is 5.88. The van der Waals surface area contributed by atoms with Gasteiger partial charge >= 0.3 is 0 Å². The second kappa shape index (κ2) is 10.7. The Morgan fingerprint density at radius 1 is 1.00 bits per heavy atom. The van der Waals surface area contributed by atoms with Crippen LogP contribution in [0.3, 0.4) is 0 Å². The molecule has 5 rings (SSSR count). The van der Waals surface area contributed by atoms with Crippen molar-refractivity contribution in [2.75, 3.05) is 23.9 Å². The third-order valence-corrected chi connectivity index (χ3v) is 8.26. The third kappa shape index (κ3) is 5.23. The highest BCUT2D eigenvalue weighted by atomic mass is 32.2. The number of anilines is 2. The number of ether oxygens (including phenoxy) is 1. The summed E-state index contributed by atoms with van der Waals surface area (Å²) < 4.78 is 5.44. The molecule has 0 radical (unpaired) electrons. The highest BCUT2D eigenvalue weighted by molar-refractivity contribution is 8.19. The second-order valence-electron chi connectivity index (χ2n) is 8.42. The number of hydrogen-bond acceptors (Lipinski definition) is 7. The minimum atomic E-state index is -0.130. The molecule has 7 nitrogen and oxygen atoms in total. The van der Waals surface area contributed by atoms with E-state index < -0.39 is 0 Å². The van der Waals surface area contributed by atoms with Crippen LogP contribution in [0.4, 0.5) is 17.1 Å². The molecule has 1 fully saturated rings. The maximum absolute atomic E-state index is 13.9. The molecule has 3 aromatic carbocycles. The number of nitrogens with zero attached hydrogens (tertiary/aromatic N) is 3. The lowest BCUT2D eigenvalue weighted by molar-refractivity contribution is -0.122. The van der Waals surface area contributed by atoms with Gasteiger partial charge in [0.05, 0.1) is 25.0 Å². The molecule has 1 saturated heterocycles. The molecule has 0 bridgehead atoms. The lowest BCUT2D eigenvalue weighted by atomic mass is 10.2. The van der Waals surface area contributed by atoms with Crippen molar-refractivity contribution < 1.29 is 14.3 Å². The highest BCUT2D eigenvalue weighted by Crippen LogP contribution is 2.51. The van der Waals surface area contributed by atoms with Gasteiger partial charge in [-0.25, -0.2) is 4.99 Å². The molecular weight excluding hydrogens is 504 g/mol. The van der Waals surface area contributed by atoms with Crippen molar-refractivity contribution in [3.63, 3.8) is 0 Å². The Morgan fingerprint density at radius 3 is 2.43 bits per heavy atom. The lowest BCUT2D eigenvalue weighted by Gasteiger charge is -2.19. The molecule has 0 spiro atoms. The first-order chi connectivity index (χ1) is 18.0. The van der Waals surface area contributed by atoms with E-state index in [1.54, 1.807) is 35.9 Å². The molecule has 0 atom stereocenters. The molecule has 0 saturated carbocycles. The predicted octanol–water partition coefficient (Wildman–Crippen LogP) is 6.22. The zero-order chi connectivity index (χ0) is 25.9.